The Morgan fingerprint density at radius 2 is 1.86 bits per heavy atom. The number of ether oxygens (including phenoxy) is 2. The number of para-hydroxylation sites is 1. The summed E-state index contributed by atoms with van der Waals surface area (Å²) in [5.74, 6) is 1.38. The molecule has 0 atom stereocenters. The molecule has 3 rings (SSSR count). The smallest absolute Gasteiger partial charge is 0.316 e. The molecule has 0 saturated heterocycles. The van der Waals surface area contributed by atoms with Gasteiger partial charge in [0.2, 0.25) is 0 Å². The lowest BCUT2D eigenvalue weighted by Gasteiger charge is -2.09. The topological polar surface area (TPSA) is 66.2 Å². The molecule has 0 spiro atoms. The molecule has 0 saturated carbocycles. The molecule has 152 valence electrons. The molecule has 2 aromatic carbocycles. The van der Waals surface area contributed by atoms with E-state index in [1.807, 2.05) is 66.9 Å². The fraction of sp³-hybridized carbons (Fsp3) is 0.286. The molecular weight excluding hydrogens is 410 g/mol. The average Bonchev–Trinajstić information content (AvgIpc) is 3.14. The van der Waals surface area contributed by atoms with Crippen LogP contribution < -0.4 is 4.74 Å². The van der Waals surface area contributed by atoms with Crippen LogP contribution in [0.15, 0.2) is 53.7 Å². The van der Waals surface area contributed by atoms with Crippen LogP contribution in [0.1, 0.15) is 12.5 Å². The van der Waals surface area contributed by atoms with Crippen molar-refractivity contribution in [3.05, 3.63) is 59.1 Å². The number of nitrogens with zero attached hydrogens (tertiary/aromatic N) is 3. The number of carbonyl (C=O) groups excluding carboxylic acids is 1. The lowest BCUT2D eigenvalue weighted by atomic mass is 10.2. The molecule has 1 heterocycles. The lowest BCUT2D eigenvalue weighted by Crippen LogP contribution is -2.14. The van der Waals surface area contributed by atoms with Gasteiger partial charge in [-0.25, -0.2) is 0 Å². The van der Waals surface area contributed by atoms with Crippen LogP contribution in [0.4, 0.5) is 0 Å². The number of aromatic nitrogens is 3. The Morgan fingerprint density at radius 1 is 1.10 bits per heavy atom. The third kappa shape index (κ3) is 5.74. The highest BCUT2D eigenvalue weighted by atomic mass is 35.5. The highest BCUT2D eigenvalue weighted by molar-refractivity contribution is 7.99. The first-order valence-electron chi connectivity index (χ1n) is 9.24. The summed E-state index contributed by atoms with van der Waals surface area (Å²) in [5, 5.41) is 9.81. The van der Waals surface area contributed by atoms with Gasteiger partial charge in [0.15, 0.2) is 11.0 Å². The van der Waals surface area contributed by atoms with E-state index in [2.05, 4.69) is 10.2 Å². The summed E-state index contributed by atoms with van der Waals surface area (Å²) in [6.45, 7) is 5.18. The summed E-state index contributed by atoms with van der Waals surface area (Å²) in [6, 6.07) is 15.2. The van der Waals surface area contributed by atoms with Crippen LogP contribution in [0.2, 0.25) is 5.02 Å². The van der Waals surface area contributed by atoms with E-state index in [1.165, 1.54) is 11.8 Å². The summed E-state index contributed by atoms with van der Waals surface area (Å²) in [6.07, 6.45) is 0. The van der Waals surface area contributed by atoms with Crippen LogP contribution in [-0.2, 0) is 16.1 Å². The Kier molecular flexibility index (Phi) is 7.55. The number of aryl methyl sites for hydroxylation is 1. The van der Waals surface area contributed by atoms with Crippen molar-refractivity contribution in [3.63, 3.8) is 0 Å². The molecule has 3 aromatic rings. The number of rotatable bonds is 9. The van der Waals surface area contributed by atoms with Gasteiger partial charge in [-0.05, 0) is 49.7 Å². The fourth-order valence-electron chi connectivity index (χ4n) is 2.68. The van der Waals surface area contributed by atoms with Crippen LogP contribution in [0, 0.1) is 6.92 Å². The Hall–Kier alpha value is -2.51. The Balaban J connectivity index is 1.49. The summed E-state index contributed by atoms with van der Waals surface area (Å²) in [7, 11) is 0. The molecular formula is C21H22ClN3O3S. The number of benzene rings is 2. The minimum absolute atomic E-state index is 0.156. The highest BCUT2D eigenvalue weighted by Gasteiger charge is 2.15. The maximum Gasteiger partial charge on any atom is 0.316 e. The molecule has 0 bridgehead atoms. The number of halogens is 1. The molecule has 0 radical (unpaired) electrons. The van der Waals surface area contributed by atoms with E-state index in [1.54, 1.807) is 0 Å². The second-order valence-corrected chi connectivity index (χ2v) is 7.56. The normalized spacial score (nSPS) is 10.7. The van der Waals surface area contributed by atoms with Crippen molar-refractivity contribution in [1.82, 2.24) is 14.8 Å². The van der Waals surface area contributed by atoms with E-state index in [-0.39, 0.29) is 18.3 Å². The van der Waals surface area contributed by atoms with Crippen molar-refractivity contribution in [1.29, 1.82) is 0 Å². The van der Waals surface area contributed by atoms with E-state index >= 15 is 0 Å². The van der Waals surface area contributed by atoms with Gasteiger partial charge in [-0.3, -0.25) is 4.79 Å². The van der Waals surface area contributed by atoms with Crippen molar-refractivity contribution in [3.8, 4) is 17.1 Å². The number of carbonyl (C=O) groups is 1. The molecule has 0 aliphatic rings. The minimum atomic E-state index is -0.318. The number of esters is 1. The van der Waals surface area contributed by atoms with Crippen molar-refractivity contribution in [2.75, 3.05) is 19.0 Å². The van der Waals surface area contributed by atoms with Gasteiger partial charge >= 0.3 is 5.97 Å². The number of hydrogen-bond donors (Lipinski definition) is 0. The van der Waals surface area contributed by atoms with Gasteiger partial charge in [-0.15, -0.1) is 10.2 Å². The average molecular weight is 432 g/mol. The number of hydrogen-bond acceptors (Lipinski definition) is 6. The van der Waals surface area contributed by atoms with E-state index in [0.29, 0.717) is 23.3 Å². The van der Waals surface area contributed by atoms with Crippen LogP contribution in [0.25, 0.3) is 11.4 Å². The van der Waals surface area contributed by atoms with E-state index < -0.39 is 0 Å². The largest absolute Gasteiger partial charge is 0.490 e. The summed E-state index contributed by atoms with van der Waals surface area (Å²) < 4.78 is 12.8. The zero-order valence-electron chi connectivity index (χ0n) is 16.3. The Morgan fingerprint density at radius 3 is 2.59 bits per heavy atom. The molecule has 0 fully saturated rings. The summed E-state index contributed by atoms with van der Waals surface area (Å²) in [5.41, 5.74) is 1.97. The third-order valence-electron chi connectivity index (χ3n) is 4.15. The van der Waals surface area contributed by atoms with Crippen molar-refractivity contribution < 1.29 is 14.3 Å². The molecule has 0 N–H and O–H groups in total. The second kappa shape index (κ2) is 10.3. The van der Waals surface area contributed by atoms with E-state index in [4.69, 9.17) is 21.1 Å². The summed E-state index contributed by atoms with van der Waals surface area (Å²) in [4.78, 5) is 12.0. The zero-order chi connectivity index (χ0) is 20.6. The number of thioether (sulfide) groups is 1. The predicted octanol–water partition coefficient (Wildman–Crippen LogP) is 4.64. The standard InChI is InChI=1S/C21H22ClN3O3S/c1-3-25-20(16-8-10-17(22)11-9-16)23-24-21(25)29-14-19(26)28-13-12-27-18-7-5-4-6-15(18)2/h4-11H,3,12-14H2,1-2H3. The first-order chi connectivity index (χ1) is 14.1. The van der Waals surface area contributed by atoms with Crippen molar-refractivity contribution >= 4 is 29.3 Å². The van der Waals surface area contributed by atoms with Gasteiger partial charge in [0.05, 0.1) is 5.75 Å². The molecule has 0 amide bonds. The molecule has 6 nitrogen and oxygen atoms in total. The zero-order valence-corrected chi connectivity index (χ0v) is 17.9. The van der Waals surface area contributed by atoms with Crippen LogP contribution in [0.3, 0.4) is 0 Å². The minimum Gasteiger partial charge on any atom is -0.490 e. The van der Waals surface area contributed by atoms with Crippen LogP contribution in [-0.4, -0.2) is 39.7 Å². The van der Waals surface area contributed by atoms with E-state index in [0.717, 1.165) is 22.7 Å². The SMILES string of the molecule is CCn1c(SCC(=O)OCCOc2ccccc2C)nnc1-c1ccc(Cl)cc1. The molecule has 0 aliphatic heterocycles. The molecule has 29 heavy (non-hydrogen) atoms. The van der Waals surface area contributed by atoms with E-state index in [9.17, 15) is 4.79 Å². The van der Waals surface area contributed by atoms with Gasteiger partial charge in [0.1, 0.15) is 19.0 Å². The predicted molar refractivity (Wildman–Crippen MR) is 114 cm³/mol. The summed E-state index contributed by atoms with van der Waals surface area (Å²) >= 11 is 7.25. The van der Waals surface area contributed by atoms with Gasteiger partial charge in [-0.1, -0.05) is 41.6 Å². The quantitative estimate of drug-likeness (QED) is 0.279. The highest BCUT2D eigenvalue weighted by Crippen LogP contribution is 2.25. The van der Waals surface area contributed by atoms with Gasteiger partial charge in [0, 0.05) is 17.1 Å². The molecule has 0 unspecified atom stereocenters. The Bertz CT molecular complexity index is 960. The van der Waals surface area contributed by atoms with Crippen LogP contribution in [0.5, 0.6) is 5.75 Å². The lowest BCUT2D eigenvalue weighted by molar-refractivity contribution is -0.141. The van der Waals surface area contributed by atoms with Gasteiger partial charge in [-0.2, -0.15) is 0 Å². The first-order valence-corrected chi connectivity index (χ1v) is 10.6. The third-order valence-corrected chi connectivity index (χ3v) is 5.34. The monoisotopic (exact) mass is 431 g/mol. The fourth-order valence-corrected chi connectivity index (χ4v) is 3.61. The first kappa shape index (κ1) is 21.2. The maximum absolute atomic E-state index is 12.0. The van der Waals surface area contributed by atoms with Crippen molar-refractivity contribution in [2.24, 2.45) is 0 Å². The van der Waals surface area contributed by atoms with Crippen molar-refractivity contribution in [2.45, 2.75) is 25.5 Å². The molecule has 0 aliphatic carbocycles. The van der Waals surface area contributed by atoms with Gasteiger partial charge in [0.25, 0.3) is 0 Å². The molecule has 1 aromatic heterocycles. The van der Waals surface area contributed by atoms with Crippen LogP contribution >= 0.6 is 23.4 Å². The molecule has 8 heteroatoms. The maximum atomic E-state index is 12.0. The second-order valence-electron chi connectivity index (χ2n) is 6.18. The Labute approximate surface area is 179 Å². The van der Waals surface area contributed by atoms with Gasteiger partial charge < -0.3 is 14.0 Å².